The van der Waals surface area contributed by atoms with E-state index in [-0.39, 0.29) is 0 Å². The van der Waals surface area contributed by atoms with Crippen LogP contribution in [0.3, 0.4) is 0 Å². The first-order valence-electron chi connectivity index (χ1n) is 10.1. The van der Waals surface area contributed by atoms with Crippen LogP contribution in [-0.2, 0) is 0 Å². The molecule has 0 atom stereocenters. The molecule has 1 N–H and O–H groups in total. The van der Waals surface area contributed by atoms with Gasteiger partial charge in [0, 0.05) is 17.1 Å². The largest absolute Gasteiger partial charge is 0.358 e. The van der Waals surface area contributed by atoms with Crippen LogP contribution < -0.4 is 5.32 Å². The van der Waals surface area contributed by atoms with Crippen molar-refractivity contribution in [1.82, 2.24) is 0 Å². The molecule has 0 amide bonds. The van der Waals surface area contributed by atoms with Gasteiger partial charge in [0.05, 0.1) is 5.69 Å². The van der Waals surface area contributed by atoms with Crippen LogP contribution in [0.15, 0.2) is 28.4 Å². The molecule has 2 aromatic carbocycles. The summed E-state index contributed by atoms with van der Waals surface area (Å²) in [5.74, 6) is 0. The first-order chi connectivity index (χ1) is 13.0. The summed E-state index contributed by atoms with van der Waals surface area (Å²) in [4.78, 5) is 5.02. The van der Waals surface area contributed by atoms with Crippen LogP contribution in [0.1, 0.15) is 65.3 Å². The summed E-state index contributed by atoms with van der Waals surface area (Å²) in [6.45, 7) is 23.8. The van der Waals surface area contributed by atoms with Crippen molar-refractivity contribution in [1.29, 1.82) is 0 Å². The molecule has 0 fully saturated rings. The van der Waals surface area contributed by atoms with Gasteiger partial charge >= 0.3 is 0 Å². The normalized spacial score (nSPS) is 12.9. The molecular formula is C26H36N2. The molecule has 0 aliphatic rings. The summed E-state index contributed by atoms with van der Waals surface area (Å²) in [6.07, 6.45) is 0. The number of rotatable bonds is 4. The van der Waals surface area contributed by atoms with Gasteiger partial charge in [-0.15, -0.1) is 0 Å². The van der Waals surface area contributed by atoms with E-state index in [9.17, 15) is 0 Å². The van der Waals surface area contributed by atoms with Crippen molar-refractivity contribution in [3.8, 4) is 0 Å². The van der Waals surface area contributed by atoms with Crippen molar-refractivity contribution in [3.63, 3.8) is 0 Å². The van der Waals surface area contributed by atoms with Crippen LogP contribution in [0, 0.1) is 55.4 Å². The molecule has 0 radical (unpaired) electrons. The number of hydrogen-bond acceptors (Lipinski definition) is 2. The Morgan fingerprint density at radius 1 is 0.643 bits per heavy atom. The van der Waals surface area contributed by atoms with E-state index in [0.29, 0.717) is 0 Å². The van der Waals surface area contributed by atoms with Crippen LogP contribution in [-0.4, -0.2) is 5.71 Å². The van der Waals surface area contributed by atoms with Crippen molar-refractivity contribution in [2.45, 2.75) is 76.2 Å². The number of benzene rings is 2. The van der Waals surface area contributed by atoms with Crippen LogP contribution in [0.5, 0.6) is 0 Å². The Hall–Kier alpha value is -2.35. The van der Waals surface area contributed by atoms with Crippen LogP contribution in [0.2, 0.25) is 0 Å². The second-order valence-corrected chi connectivity index (χ2v) is 8.32. The number of aliphatic imine (C=N–C) groups is 1. The van der Waals surface area contributed by atoms with Crippen molar-refractivity contribution >= 4 is 17.1 Å². The SMILES string of the molecule is CC(=Nc1c(C)cc(C)c(C)c1C)/C(C)=C(/C)Nc1c(C)cc(C)c(C)c1C. The van der Waals surface area contributed by atoms with Gasteiger partial charge in [-0.25, -0.2) is 0 Å². The van der Waals surface area contributed by atoms with Gasteiger partial charge in [-0.1, -0.05) is 12.1 Å². The molecule has 0 saturated heterocycles. The minimum Gasteiger partial charge on any atom is -0.358 e. The average Bonchev–Trinajstić information content (AvgIpc) is 2.64. The third-order valence-corrected chi connectivity index (χ3v) is 6.37. The summed E-state index contributed by atoms with van der Waals surface area (Å²) in [6, 6.07) is 4.50. The monoisotopic (exact) mass is 376 g/mol. The maximum absolute atomic E-state index is 5.02. The molecule has 28 heavy (non-hydrogen) atoms. The molecule has 0 aliphatic heterocycles. The van der Waals surface area contributed by atoms with E-state index < -0.39 is 0 Å². The number of aryl methyl sites for hydroxylation is 4. The summed E-state index contributed by atoms with van der Waals surface area (Å²) >= 11 is 0. The quantitative estimate of drug-likeness (QED) is 0.544. The molecule has 0 saturated carbocycles. The van der Waals surface area contributed by atoms with Crippen LogP contribution in [0.25, 0.3) is 0 Å². The second-order valence-electron chi connectivity index (χ2n) is 8.32. The zero-order valence-corrected chi connectivity index (χ0v) is 19.6. The Bertz CT molecular complexity index is 988. The van der Waals surface area contributed by atoms with E-state index in [4.69, 9.17) is 4.99 Å². The highest BCUT2D eigenvalue weighted by Crippen LogP contribution is 2.31. The third-order valence-electron chi connectivity index (χ3n) is 6.37. The summed E-state index contributed by atoms with van der Waals surface area (Å²) < 4.78 is 0. The van der Waals surface area contributed by atoms with Crippen molar-refractivity contribution in [3.05, 3.63) is 67.9 Å². The fourth-order valence-corrected chi connectivity index (χ4v) is 3.72. The minimum atomic E-state index is 1.05. The van der Waals surface area contributed by atoms with Crippen LogP contribution in [0.4, 0.5) is 11.4 Å². The predicted octanol–water partition coefficient (Wildman–Crippen LogP) is 7.65. The molecule has 2 heteroatoms. The fraction of sp³-hybridized carbons (Fsp3) is 0.423. The standard InChI is InChI=1S/C26H36N2/c1-14-12-16(3)25(20(7)18(14)5)27-23(10)22(9)24(11)28-26-17(4)13-15(2)19(6)21(26)8/h12-13,27H,1-11H3/b23-22-,28-24?. The van der Waals surface area contributed by atoms with E-state index in [2.05, 4.69) is 93.6 Å². The molecule has 2 aromatic rings. The molecule has 150 valence electrons. The first kappa shape index (κ1) is 21.9. The Morgan fingerprint density at radius 2 is 1.14 bits per heavy atom. The van der Waals surface area contributed by atoms with Gasteiger partial charge in [0.25, 0.3) is 0 Å². The van der Waals surface area contributed by atoms with Gasteiger partial charge in [-0.05, 0) is 126 Å². The highest BCUT2D eigenvalue weighted by Gasteiger charge is 2.12. The maximum Gasteiger partial charge on any atom is 0.0694 e. The lowest BCUT2D eigenvalue weighted by Gasteiger charge is -2.19. The number of anilines is 1. The molecule has 0 bridgehead atoms. The second kappa shape index (κ2) is 8.34. The highest BCUT2D eigenvalue weighted by molar-refractivity contribution is 6.00. The summed E-state index contributed by atoms with van der Waals surface area (Å²) in [7, 11) is 0. The fourth-order valence-electron chi connectivity index (χ4n) is 3.72. The van der Waals surface area contributed by atoms with E-state index in [1.54, 1.807) is 0 Å². The molecule has 2 nitrogen and oxygen atoms in total. The van der Waals surface area contributed by atoms with E-state index in [1.165, 1.54) is 55.8 Å². The molecule has 0 unspecified atom stereocenters. The summed E-state index contributed by atoms with van der Waals surface area (Å²) in [5.41, 5.74) is 16.2. The highest BCUT2D eigenvalue weighted by atomic mass is 14.9. The van der Waals surface area contributed by atoms with Gasteiger partial charge in [0.2, 0.25) is 0 Å². The molecule has 2 rings (SSSR count). The lowest BCUT2D eigenvalue weighted by Crippen LogP contribution is -2.08. The van der Waals surface area contributed by atoms with Gasteiger partial charge < -0.3 is 5.32 Å². The Kier molecular flexibility index (Phi) is 6.54. The van der Waals surface area contributed by atoms with E-state index in [0.717, 1.165) is 17.1 Å². The van der Waals surface area contributed by atoms with Crippen molar-refractivity contribution in [2.24, 2.45) is 4.99 Å². The van der Waals surface area contributed by atoms with E-state index >= 15 is 0 Å². The van der Waals surface area contributed by atoms with Gasteiger partial charge in [-0.3, -0.25) is 4.99 Å². The lowest BCUT2D eigenvalue weighted by atomic mass is 9.97. The zero-order valence-electron chi connectivity index (χ0n) is 19.6. The van der Waals surface area contributed by atoms with Gasteiger partial charge in [0.1, 0.15) is 0 Å². The Morgan fingerprint density at radius 3 is 1.71 bits per heavy atom. The van der Waals surface area contributed by atoms with Crippen molar-refractivity contribution in [2.75, 3.05) is 5.32 Å². The van der Waals surface area contributed by atoms with Gasteiger partial charge in [0.15, 0.2) is 0 Å². The Balaban J connectivity index is 2.46. The number of hydrogen-bond donors (Lipinski definition) is 1. The lowest BCUT2D eigenvalue weighted by molar-refractivity contribution is 1.20. The first-order valence-corrected chi connectivity index (χ1v) is 10.1. The zero-order chi connectivity index (χ0) is 21.3. The number of allylic oxidation sites excluding steroid dienone is 2. The summed E-state index contributed by atoms with van der Waals surface area (Å²) in [5, 5.41) is 3.66. The molecule has 0 aromatic heterocycles. The molecule has 0 aliphatic carbocycles. The molecule has 0 heterocycles. The number of nitrogens with one attached hydrogen (secondary N) is 1. The third kappa shape index (κ3) is 4.22. The van der Waals surface area contributed by atoms with E-state index in [1.807, 2.05) is 0 Å². The smallest absolute Gasteiger partial charge is 0.0694 e. The topological polar surface area (TPSA) is 24.4 Å². The number of nitrogens with zero attached hydrogens (tertiary/aromatic N) is 1. The average molecular weight is 377 g/mol. The molecular weight excluding hydrogens is 340 g/mol. The predicted molar refractivity (Wildman–Crippen MR) is 126 cm³/mol. The van der Waals surface area contributed by atoms with Crippen LogP contribution >= 0.6 is 0 Å². The molecule has 0 spiro atoms. The van der Waals surface area contributed by atoms with Crippen molar-refractivity contribution < 1.29 is 0 Å². The van der Waals surface area contributed by atoms with Gasteiger partial charge in [-0.2, -0.15) is 0 Å². The maximum atomic E-state index is 5.02. The minimum absolute atomic E-state index is 1.05. The Labute approximate surface area is 171 Å².